The number of nitrogens with one attached hydrogen (secondary N) is 3. The van der Waals surface area contributed by atoms with Gasteiger partial charge >= 0.3 is 16.2 Å². The van der Waals surface area contributed by atoms with Crippen LogP contribution >= 0.6 is 0 Å². The highest BCUT2D eigenvalue weighted by Crippen LogP contribution is 2.17. The quantitative estimate of drug-likeness (QED) is 0.587. The topological polar surface area (TPSA) is 152 Å². The predicted octanol–water partition coefficient (Wildman–Crippen LogP) is 0.674. The van der Waals surface area contributed by atoms with Crippen LogP contribution in [-0.2, 0) is 10.2 Å². The average Bonchev–Trinajstić information content (AvgIpc) is 2.66. The molecule has 0 aliphatic rings. The van der Waals surface area contributed by atoms with Crippen LogP contribution < -0.4 is 24.2 Å². The van der Waals surface area contributed by atoms with E-state index >= 15 is 0 Å². The first-order valence-electron chi connectivity index (χ1n) is 8.04. The van der Waals surface area contributed by atoms with Gasteiger partial charge in [-0.2, -0.15) is 18.4 Å². The zero-order chi connectivity index (χ0) is 21.6. The van der Waals surface area contributed by atoms with Crippen molar-refractivity contribution in [3.63, 3.8) is 0 Å². The highest BCUT2D eigenvalue weighted by molar-refractivity contribution is 7.91. The molecule has 0 saturated carbocycles. The number of ether oxygens (including phenoxy) is 2. The Labute approximate surface area is 167 Å². The third-order valence-corrected chi connectivity index (χ3v) is 4.30. The second kappa shape index (κ2) is 9.05. The Hall–Kier alpha value is -3.61. The number of carbonyl (C=O) groups is 2. The van der Waals surface area contributed by atoms with Gasteiger partial charge in [0.05, 0.1) is 26.0 Å². The fraction of sp³-hybridized carbons (Fsp3) is 0.250. The van der Waals surface area contributed by atoms with Gasteiger partial charge in [-0.3, -0.25) is 14.8 Å². The van der Waals surface area contributed by atoms with Gasteiger partial charge in [0, 0.05) is 19.7 Å². The third kappa shape index (κ3) is 6.21. The standard InChI is InChI=1S/C16H20N6O6S/c1-22(2)14(23)10-5-7-11(8-6-10)20-29(25,26)21-16(24)19-15-17-12(27-3)9-13(18-15)28-4/h5-9,20H,1-4H3,(H2,17,18,19,21,24). The van der Waals surface area contributed by atoms with E-state index in [4.69, 9.17) is 9.47 Å². The number of hydrogen-bond donors (Lipinski definition) is 3. The first kappa shape index (κ1) is 21.7. The summed E-state index contributed by atoms with van der Waals surface area (Å²) in [5, 5.41) is 2.17. The van der Waals surface area contributed by atoms with Gasteiger partial charge in [-0.15, -0.1) is 0 Å². The number of benzene rings is 1. The normalized spacial score (nSPS) is 10.6. The van der Waals surface area contributed by atoms with E-state index in [2.05, 4.69) is 20.0 Å². The third-order valence-electron chi connectivity index (χ3n) is 3.34. The van der Waals surface area contributed by atoms with Crippen molar-refractivity contribution in [1.29, 1.82) is 0 Å². The number of hydrogen-bond acceptors (Lipinski definition) is 8. The molecule has 1 aromatic heterocycles. The largest absolute Gasteiger partial charge is 0.481 e. The van der Waals surface area contributed by atoms with Crippen LogP contribution in [0.4, 0.5) is 16.4 Å². The van der Waals surface area contributed by atoms with Gasteiger partial charge in [0.2, 0.25) is 17.7 Å². The van der Waals surface area contributed by atoms with Crippen molar-refractivity contribution in [2.75, 3.05) is 38.4 Å². The summed E-state index contributed by atoms with van der Waals surface area (Å²) in [6.45, 7) is 0. The van der Waals surface area contributed by atoms with Crippen LogP contribution in [0.15, 0.2) is 30.3 Å². The molecule has 0 saturated heterocycles. The lowest BCUT2D eigenvalue weighted by atomic mass is 10.2. The summed E-state index contributed by atoms with van der Waals surface area (Å²) >= 11 is 0. The second-order valence-electron chi connectivity index (χ2n) is 5.71. The van der Waals surface area contributed by atoms with Crippen molar-refractivity contribution >= 4 is 33.8 Å². The van der Waals surface area contributed by atoms with Crippen LogP contribution in [0.25, 0.3) is 0 Å². The lowest BCUT2D eigenvalue weighted by Crippen LogP contribution is -2.38. The minimum Gasteiger partial charge on any atom is -0.481 e. The Morgan fingerprint density at radius 1 is 1.00 bits per heavy atom. The summed E-state index contributed by atoms with van der Waals surface area (Å²) in [4.78, 5) is 32.9. The summed E-state index contributed by atoms with van der Waals surface area (Å²) in [5.74, 6) is -0.230. The van der Waals surface area contributed by atoms with E-state index in [9.17, 15) is 18.0 Å². The number of amides is 3. The van der Waals surface area contributed by atoms with E-state index < -0.39 is 16.2 Å². The first-order chi connectivity index (χ1) is 13.6. The van der Waals surface area contributed by atoms with Crippen molar-refractivity contribution in [2.45, 2.75) is 0 Å². The molecular weight excluding hydrogens is 404 g/mol. The van der Waals surface area contributed by atoms with Crippen LogP contribution in [0.5, 0.6) is 11.8 Å². The van der Waals surface area contributed by atoms with Gasteiger partial charge < -0.3 is 14.4 Å². The monoisotopic (exact) mass is 424 g/mol. The van der Waals surface area contributed by atoms with Crippen LogP contribution in [0.1, 0.15) is 10.4 Å². The molecule has 13 heteroatoms. The lowest BCUT2D eigenvalue weighted by Gasteiger charge is -2.12. The molecule has 156 valence electrons. The summed E-state index contributed by atoms with van der Waals surface area (Å²) < 4.78 is 38.0. The molecule has 2 rings (SSSR count). The minimum atomic E-state index is -4.26. The van der Waals surface area contributed by atoms with Crippen LogP contribution in [0, 0.1) is 0 Å². The molecule has 0 unspecified atom stereocenters. The Morgan fingerprint density at radius 2 is 1.55 bits per heavy atom. The maximum absolute atomic E-state index is 12.1. The zero-order valence-electron chi connectivity index (χ0n) is 16.1. The van der Waals surface area contributed by atoms with Crippen molar-refractivity contribution in [1.82, 2.24) is 19.6 Å². The average molecular weight is 424 g/mol. The van der Waals surface area contributed by atoms with E-state index in [1.54, 1.807) is 18.8 Å². The Morgan fingerprint density at radius 3 is 2.03 bits per heavy atom. The van der Waals surface area contributed by atoms with E-state index in [1.165, 1.54) is 49.5 Å². The second-order valence-corrected chi connectivity index (χ2v) is 7.13. The van der Waals surface area contributed by atoms with Gasteiger partial charge in [0.15, 0.2) is 0 Å². The highest BCUT2D eigenvalue weighted by atomic mass is 32.2. The molecule has 0 bridgehead atoms. The molecule has 1 aromatic carbocycles. The van der Waals surface area contributed by atoms with Gasteiger partial charge in [-0.25, -0.2) is 9.52 Å². The number of carbonyl (C=O) groups excluding carboxylic acids is 2. The Kier molecular flexibility index (Phi) is 6.77. The maximum atomic E-state index is 12.1. The number of anilines is 2. The van der Waals surface area contributed by atoms with Crippen molar-refractivity contribution in [3.8, 4) is 11.8 Å². The summed E-state index contributed by atoms with van der Waals surface area (Å²) in [6, 6.07) is 5.97. The van der Waals surface area contributed by atoms with Crippen molar-refractivity contribution in [3.05, 3.63) is 35.9 Å². The summed E-state index contributed by atoms with van der Waals surface area (Å²) in [6.07, 6.45) is 0. The molecule has 1 heterocycles. The molecule has 0 atom stereocenters. The minimum absolute atomic E-state index is 0.112. The smallest absolute Gasteiger partial charge is 0.336 e. The summed E-state index contributed by atoms with van der Waals surface area (Å²) in [5.41, 5.74) is 0.535. The van der Waals surface area contributed by atoms with Gasteiger partial charge in [-0.1, -0.05) is 0 Å². The van der Waals surface area contributed by atoms with Gasteiger partial charge in [0.25, 0.3) is 5.91 Å². The zero-order valence-corrected chi connectivity index (χ0v) is 16.9. The van der Waals surface area contributed by atoms with E-state index in [-0.39, 0.29) is 29.3 Å². The molecule has 29 heavy (non-hydrogen) atoms. The van der Waals surface area contributed by atoms with Crippen LogP contribution in [-0.4, -0.2) is 63.5 Å². The molecule has 12 nitrogen and oxygen atoms in total. The molecule has 2 aromatic rings. The summed E-state index contributed by atoms with van der Waals surface area (Å²) in [7, 11) is 1.66. The van der Waals surface area contributed by atoms with E-state index in [1.807, 2.05) is 0 Å². The molecule has 0 aliphatic heterocycles. The fourth-order valence-electron chi connectivity index (χ4n) is 2.04. The Balaban J connectivity index is 2.03. The van der Waals surface area contributed by atoms with E-state index in [0.717, 1.165) is 0 Å². The highest BCUT2D eigenvalue weighted by Gasteiger charge is 2.17. The molecule has 0 spiro atoms. The Bertz CT molecular complexity index is 971. The number of aromatic nitrogens is 2. The molecule has 0 aliphatic carbocycles. The fourth-order valence-corrected chi connectivity index (χ4v) is 2.83. The van der Waals surface area contributed by atoms with Crippen LogP contribution in [0.2, 0.25) is 0 Å². The van der Waals surface area contributed by atoms with E-state index in [0.29, 0.717) is 5.56 Å². The number of nitrogens with zero attached hydrogens (tertiary/aromatic N) is 3. The number of methoxy groups -OCH3 is 2. The molecule has 0 radical (unpaired) electrons. The molecular formula is C16H20N6O6S. The van der Waals surface area contributed by atoms with Gasteiger partial charge in [-0.05, 0) is 24.3 Å². The SMILES string of the molecule is COc1cc(OC)nc(NC(=O)NS(=O)(=O)Nc2ccc(C(=O)N(C)C)cc2)n1. The molecule has 3 N–H and O–H groups in total. The van der Waals surface area contributed by atoms with Crippen LogP contribution in [0.3, 0.4) is 0 Å². The van der Waals surface area contributed by atoms with Crippen molar-refractivity contribution < 1.29 is 27.5 Å². The van der Waals surface area contributed by atoms with Gasteiger partial charge in [0.1, 0.15) is 0 Å². The lowest BCUT2D eigenvalue weighted by molar-refractivity contribution is 0.0827. The maximum Gasteiger partial charge on any atom is 0.336 e. The number of rotatable bonds is 7. The molecule has 0 fully saturated rings. The first-order valence-corrected chi connectivity index (χ1v) is 9.52. The van der Waals surface area contributed by atoms with Crippen molar-refractivity contribution in [2.24, 2.45) is 0 Å². The number of urea groups is 1. The predicted molar refractivity (Wildman–Crippen MR) is 104 cm³/mol. The molecule has 3 amide bonds.